The fourth-order valence-corrected chi connectivity index (χ4v) is 5.88. The minimum atomic E-state index is -5.08. The van der Waals surface area contributed by atoms with Crippen molar-refractivity contribution in [3.63, 3.8) is 0 Å². The van der Waals surface area contributed by atoms with Gasteiger partial charge in [-0.05, 0) is 48.9 Å². The van der Waals surface area contributed by atoms with Crippen LogP contribution in [0.3, 0.4) is 0 Å². The Balaban J connectivity index is 0.000000448. The van der Waals surface area contributed by atoms with Gasteiger partial charge in [0.1, 0.15) is 17.5 Å². The van der Waals surface area contributed by atoms with Crippen LogP contribution < -0.4 is 5.32 Å². The average molecular weight is 563 g/mol. The summed E-state index contributed by atoms with van der Waals surface area (Å²) in [6.45, 7) is 7.07. The van der Waals surface area contributed by atoms with Gasteiger partial charge in [0.15, 0.2) is 0 Å². The second kappa shape index (κ2) is 12.3. The normalized spacial score (nSPS) is 21.7. The van der Waals surface area contributed by atoms with Crippen molar-refractivity contribution in [3.8, 4) is 6.07 Å². The van der Waals surface area contributed by atoms with Crippen LogP contribution in [0.15, 0.2) is 42.6 Å². The number of carboxylic acid groups (broad SMARTS) is 1. The molecule has 2 fully saturated rings. The number of aliphatic carboxylic acids is 1. The van der Waals surface area contributed by atoms with Crippen LogP contribution in [0.4, 0.5) is 19.0 Å². The Morgan fingerprint density at radius 3 is 2.79 bits per heavy atom. The molecule has 5 rings (SSSR count). The van der Waals surface area contributed by atoms with Gasteiger partial charge in [-0.3, -0.25) is 4.90 Å². The fraction of sp³-hybridized carbons (Fsp3) is 0.444. The highest BCUT2D eigenvalue weighted by molar-refractivity contribution is 7.19. The molecule has 2 aliphatic rings. The third-order valence-electron chi connectivity index (χ3n) is 6.70. The summed E-state index contributed by atoms with van der Waals surface area (Å²) in [5.41, 5.74) is 1.75. The lowest BCUT2D eigenvalue weighted by Crippen LogP contribution is -2.44. The van der Waals surface area contributed by atoms with E-state index in [-0.39, 0.29) is 11.7 Å². The number of nitrogens with one attached hydrogen (secondary N) is 1. The predicted octanol–water partition coefficient (Wildman–Crippen LogP) is 4.97. The first kappa shape index (κ1) is 28.8. The zero-order valence-electron chi connectivity index (χ0n) is 21.3. The van der Waals surface area contributed by atoms with Crippen molar-refractivity contribution in [2.45, 2.75) is 44.2 Å². The van der Waals surface area contributed by atoms with E-state index in [1.165, 1.54) is 20.5 Å². The quantitative estimate of drug-likeness (QED) is 0.449. The summed E-state index contributed by atoms with van der Waals surface area (Å²) in [5.74, 6) is -1.99. The number of thiophene rings is 1. The van der Waals surface area contributed by atoms with Gasteiger partial charge in [-0.2, -0.15) is 18.4 Å². The Morgan fingerprint density at radius 2 is 2.10 bits per heavy atom. The number of rotatable bonds is 5. The summed E-state index contributed by atoms with van der Waals surface area (Å²) in [6.07, 6.45) is -1.37. The molecular weight excluding hydrogens is 533 g/mol. The zero-order chi connectivity index (χ0) is 28.0. The highest BCUT2D eigenvalue weighted by Crippen LogP contribution is 2.36. The predicted molar refractivity (Wildman–Crippen MR) is 141 cm³/mol. The smallest absolute Gasteiger partial charge is 0.475 e. The Labute approximate surface area is 228 Å². The van der Waals surface area contributed by atoms with E-state index in [0.29, 0.717) is 18.7 Å². The Morgan fingerprint density at radius 1 is 1.33 bits per heavy atom. The summed E-state index contributed by atoms with van der Waals surface area (Å²) in [4.78, 5) is 17.1. The molecule has 2 aliphatic heterocycles. The number of alkyl halides is 3. The number of fused-ring (bicyclic) bond motifs is 1. The Hall–Kier alpha value is -3.24. The van der Waals surface area contributed by atoms with Gasteiger partial charge in [0.25, 0.3) is 0 Å². The first-order chi connectivity index (χ1) is 18.6. The van der Waals surface area contributed by atoms with Crippen LogP contribution in [0.5, 0.6) is 0 Å². The molecule has 39 heavy (non-hydrogen) atoms. The summed E-state index contributed by atoms with van der Waals surface area (Å²) < 4.78 is 45.7. The molecule has 3 aromatic rings. The summed E-state index contributed by atoms with van der Waals surface area (Å²) >= 11 is 1.88. The first-order valence-corrected chi connectivity index (χ1v) is 13.3. The summed E-state index contributed by atoms with van der Waals surface area (Å²) in [5, 5.41) is 20.8. The molecule has 0 aliphatic carbocycles. The average Bonchev–Trinajstić information content (AvgIpc) is 3.37. The number of benzene rings is 1. The van der Waals surface area contributed by atoms with Gasteiger partial charge in [-0.15, -0.1) is 11.3 Å². The van der Waals surface area contributed by atoms with Gasteiger partial charge in [0.05, 0.1) is 24.9 Å². The van der Waals surface area contributed by atoms with E-state index in [1.807, 2.05) is 17.4 Å². The van der Waals surface area contributed by atoms with E-state index >= 15 is 0 Å². The van der Waals surface area contributed by atoms with Crippen LogP contribution in [0.1, 0.15) is 28.8 Å². The van der Waals surface area contributed by atoms with Crippen molar-refractivity contribution in [2.24, 2.45) is 0 Å². The molecule has 0 amide bonds. The molecule has 0 radical (unpaired) electrons. The molecule has 1 spiro atoms. The van der Waals surface area contributed by atoms with Crippen LogP contribution in [-0.4, -0.2) is 71.7 Å². The number of carboxylic acids is 1. The standard InChI is InChI=1S/C25H28N4O2S.C2HF3O2/c1-18-22(21-4-2-3-5-23(21)32-18)15-29-10-11-30-17-25(16-29)9-8-20(31-25)14-28-24-7-6-19(12-26)13-27-24;3-2(4,5)1(6)7/h2-7,13,20H,8-11,14-17H2,1H3,(H,27,28);(H,6,7)/t20-,25-;/m1./s1. The number of nitrogens with zero attached hydrogens (tertiary/aromatic N) is 3. The maximum atomic E-state index is 10.6. The third-order valence-corrected chi connectivity index (χ3v) is 7.82. The molecule has 208 valence electrons. The molecule has 2 atom stereocenters. The maximum Gasteiger partial charge on any atom is 0.490 e. The van der Waals surface area contributed by atoms with Crippen LogP contribution >= 0.6 is 11.3 Å². The highest BCUT2D eigenvalue weighted by Gasteiger charge is 2.43. The molecule has 0 unspecified atom stereocenters. The Kier molecular flexibility index (Phi) is 9.07. The lowest BCUT2D eigenvalue weighted by Gasteiger charge is -2.32. The highest BCUT2D eigenvalue weighted by atomic mass is 32.1. The number of ether oxygens (including phenoxy) is 2. The maximum absolute atomic E-state index is 10.6. The third kappa shape index (κ3) is 7.45. The molecular formula is C27H29F3N4O4S. The number of halogens is 3. The largest absolute Gasteiger partial charge is 0.490 e. The van der Waals surface area contributed by atoms with Gasteiger partial charge >= 0.3 is 12.1 Å². The van der Waals surface area contributed by atoms with E-state index in [2.05, 4.69) is 52.5 Å². The number of anilines is 1. The van der Waals surface area contributed by atoms with Crippen LogP contribution in [0.25, 0.3) is 10.1 Å². The number of carbonyl (C=O) groups is 1. The first-order valence-electron chi connectivity index (χ1n) is 12.4. The number of nitriles is 1. The van der Waals surface area contributed by atoms with Crippen molar-refractivity contribution >= 4 is 33.2 Å². The minimum absolute atomic E-state index is 0.125. The molecule has 4 heterocycles. The van der Waals surface area contributed by atoms with E-state index in [9.17, 15) is 13.2 Å². The van der Waals surface area contributed by atoms with Gasteiger partial charge in [0.2, 0.25) is 0 Å². The molecule has 2 aromatic heterocycles. The molecule has 2 saturated heterocycles. The second-order valence-corrected chi connectivity index (χ2v) is 10.8. The van der Waals surface area contributed by atoms with Gasteiger partial charge in [0, 0.05) is 42.0 Å². The second-order valence-electron chi connectivity index (χ2n) is 9.59. The summed E-state index contributed by atoms with van der Waals surface area (Å²) in [6, 6.07) is 14.4. The summed E-state index contributed by atoms with van der Waals surface area (Å²) in [7, 11) is 0. The van der Waals surface area contributed by atoms with Crippen molar-refractivity contribution < 1.29 is 32.5 Å². The lowest BCUT2D eigenvalue weighted by molar-refractivity contribution is -0.192. The lowest BCUT2D eigenvalue weighted by atomic mass is 9.99. The van der Waals surface area contributed by atoms with Gasteiger partial charge < -0.3 is 19.9 Å². The molecule has 2 N–H and O–H groups in total. The SMILES string of the molecule is Cc1sc2ccccc2c1CN1CCOC[C@@]2(CC[C@H](CNc3ccc(C#N)cn3)O2)C1.O=C(O)C(F)(F)F. The molecule has 0 saturated carbocycles. The van der Waals surface area contributed by atoms with Crippen molar-refractivity contribution in [3.05, 3.63) is 58.6 Å². The van der Waals surface area contributed by atoms with Gasteiger partial charge in [-0.1, -0.05) is 18.2 Å². The van der Waals surface area contributed by atoms with Crippen molar-refractivity contribution in [1.82, 2.24) is 9.88 Å². The fourth-order valence-electron chi connectivity index (χ4n) is 4.80. The molecule has 1 aromatic carbocycles. The van der Waals surface area contributed by atoms with E-state index in [4.69, 9.17) is 24.6 Å². The van der Waals surface area contributed by atoms with Crippen molar-refractivity contribution in [2.75, 3.05) is 38.2 Å². The van der Waals surface area contributed by atoms with Crippen LogP contribution in [0.2, 0.25) is 0 Å². The van der Waals surface area contributed by atoms with Crippen LogP contribution in [0, 0.1) is 18.3 Å². The van der Waals surface area contributed by atoms with E-state index in [0.717, 1.165) is 44.9 Å². The Bertz CT molecular complexity index is 1330. The number of hydrogen-bond acceptors (Lipinski definition) is 8. The number of aryl methyl sites for hydroxylation is 1. The van der Waals surface area contributed by atoms with Crippen molar-refractivity contribution in [1.29, 1.82) is 5.26 Å². The molecule has 0 bridgehead atoms. The zero-order valence-corrected chi connectivity index (χ0v) is 22.1. The molecule has 8 nitrogen and oxygen atoms in total. The minimum Gasteiger partial charge on any atom is -0.475 e. The number of pyridine rings is 1. The number of hydrogen-bond donors (Lipinski definition) is 2. The van der Waals surface area contributed by atoms with Crippen LogP contribution in [-0.2, 0) is 20.8 Å². The van der Waals surface area contributed by atoms with E-state index in [1.54, 1.807) is 12.3 Å². The van der Waals surface area contributed by atoms with E-state index < -0.39 is 12.1 Å². The topological polar surface area (TPSA) is 108 Å². The van der Waals surface area contributed by atoms with Gasteiger partial charge in [-0.25, -0.2) is 9.78 Å². The monoisotopic (exact) mass is 562 g/mol. The molecule has 12 heteroatoms. The number of aromatic nitrogens is 1.